The molecule has 0 heterocycles. The van der Waals surface area contributed by atoms with Crippen LogP contribution in [0.15, 0.2) is 40.9 Å². The Hall–Kier alpha value is -1.61. The highest BCUT2D eigenvalue weighted by Crippen LogP contribution is 2.29. The van der Waals surface area contributed by atoms with Gasteiger partial charge in [0.1, 0.15) is 11.5 Å². The first-order chi connectivity index (χ1) is 8.61. The summed E-state index contributed by atoms with van der Waals surface area (Å²) in [5.41, 5.74) is 2.92. The van der Waals surface area contributed by atoms with Crippen LogP contribution in [0.5, 0.6) is 11.5 Å². The lowest BCUT2D eigenvalue weighted by Gasteiger charge is -2.11. The highest BCUT2D eigenvalue weighted by Gasteiger charge is 2.05. The van der Waals surface area contributed by atoms with Crippen LogP contribution in [0.25, 0.3) is 0 Å². The molecule has 3 heteroatoms. The van der Waals surface area contributed by atoms with Gasteiger partial charge in [0, 0.05) is 10.0 Å². The largest absolute Gasteiger partial charge is 0.457 e. The first-order valence-electron chi connectivity index (χ1n) is 5.60. The highest BCUT2D eigenvalue weighted by molar-refractivity contribution is 9.10. The van der Waals surface area contributed by atoms with Crippen LogP contribution in [-0.4, -0.2) is 6.29 Å². The van der Waals surface area contributed by atoms with Crippen molar-refractivity contribution in [3.63, 3.8) is 0 Å². The Labute approximate surface area is 115 Å². The van der Waals surface area contributed by atoms with E-state index in [1.165, 1.54) is 5.56 Å². The molecule has 0 amide bonds. The van der Waals surface area contributed by atoms with Crippen molar-refractivity contribution in [3.05, 3.63) is 57.6 Å². The molecule has 2 aromatic carbocycles. The quantitative estimate of drug-likeness (QED) is 0.770. The Kier molecular flexibility index (Phi) is 3.82. The summed E-state index contributed by atoms with van der Waals surface area (Å²) in [4.78, 5) is 10.7. The molecule has 2 rings (SSSR count). The van der Waals surface area contributed by atoms with E-state index in [0.717, 1.165) is 22.1 Å². The van der Waals surface area contributed by atoms with E-state index in [9.17, 15) is 4.79 Å². The van der Waals surface area contributed by atoms with Gasteiger partial charge in [0.05, 0.1) is 0 Å². The molecule has 0 aliphatic heterocycles. The third-order valence-electron chi connectivity index (χ3n) is 2.88. The molecule has 0 fully saturated rings. The average molecular weight is 305 g/mol. The summed E-state index contributed by atoms with van der Waals surface area (Å²) in [5.74, 6) is 1.54. The van der Waals surface area contributed by atoms with Crippen molar-refractivity contribution in [1.82, 2.24) is 0 Å². The number of hydrogen-bond donors (Lipinski definition) is 0. The van der Waals surface area contributed by atoms with E-state index >= 15 is 0 Å². The molecule has 2 aromatic rings. The fraction of sp³-hybridized carbons (Fsp3) is 0.133. The number of carbonyl (C=O) groups excluding carboxylic acids is 1. The van der Waals surface area contributed by atoms with Gasteiger partial charge in [-0.05, 0) is 65.2 Å². The third-order valence-corrected chi connectivity index (χ3v) is 3.57. The average Bonchev–Trinajstić information content (AvgIpc) is 2.35. The fourth-order valence-electron chi connectivity index (χ4n) is 1.63. The van der Waals surface area contributed by atoms with Gasteiger partial charge in [-0.15, -0.1) is 0 Å². The van der Waals surface area contributed by atoms with Crippen molar-refractivity contribution in [1.29, 1.82) is 0 Å². The van der Waals surface area contributed by atoms with Gasteiger partial charge in [-0.1, -0.05) is 12.1 Å². The van der Waals surface area contributed by atoms with Crippen molar-refractivity contribution < 1.29 is 9.53 Å². The number of halogens is 1. The molecule has 0 radical (unpaired) electrons. The Morgan fingerprint density at radius 2 is 1.94 bits per heavy atom. The summed E-state index contributed by atoms with van der Waals surface area (Å²) >= 11 is 3.34. The second-order valence-electron chi connectivity index (χ2n) is 4.10. The van der Waals surface area contributed by atoms with Gasteiger partial charge in [-0.25, -0.2) is 0 Å². The van der Waals surface area contributed by atoms with Gasteiger partial charge >= 0.3 is 0 Å². The minimum atomic E-state index is 0.614. The molecule has 0 N–H and O–H groups in total. The summed E-state index contributed by atoms with van der Waals surface area (Å²) in [5, 5.41) is 0. The molecule has 2 nitrogen and oxygen atoms in total. The van der Waals surface area contributed by atoms with Gasteiger partial charge in [0.2, 0.25) is 0 Å². The van der Waals surface area contributed by atoms with E-state index in [4.69, 9.17) is 4.74 Å². The standard InChI is InChI=1S/C15H13BrO2/c1-10-4-3-5-15(11(10)2)18-13-7-6-12(9-17)14(16)8-13/h3-9H,1-2H3. The maximum Gasteiger partial charge on any atom is 0.151 e. The Balaban J connectivity index is 2.31. The summed E-state index contributed by atoms with van der Waals surface area (Å²) in [6, 6.07) is 11.3. The summed E-state index contributed by atoms with van der Waals surface area (Å²) in [7, 11) is 0. The number of ether oxygens (including phenoxy) is 1. The maximum absolute atomic E-state index is 10.7. The van der Waals surface area contributed by atoms with E-state index in [1.54, 1.807) is 18.2 Å². The second-order valence-corrected chi connectivity index (χ2v) is 4.96. The zero-order valence-electron chi connectivity index (χ0n) is 10.2. The molecule has 0 saturated heterocycles. The number of hydrogen-bond acceptors (Lipinski definition) is 2. The maximum atomic E-state index is 10.7. The van der Waals surface area contributed by atoms with Crippen LogP contribution in [0.1, 0.15) is 21.5 Å². The molecule has 0 saturated carbocycles. The predicted octanol–water partition coefficient (Wildman–Crippen LogP) is 4.67. The highest BCUT2D eigenvalue weighted by atomic mass is 79.9. The monoisotopic (exact) mass is 304 g/mol. The predicted molar refractivity (Wildman–Crippen MR) is 75.5 cm³/mol. The van der Waals surface area contributed by atoms with Crippen LogP contribution in [0.4, 0.5) is 0 Å². The smallest absolute Gasteiger partial charge is 0.151 e. The molecule has 0 unspecified atom stereocenters. The topological polar surface area (TPSA) is 26.3 Å². The van der Waals surface area contributed by atoms with Crippen LogP contribution in [0, 0.1) is 13.8 Å². The molecule has 0 aromatic heterocycles. The van der Waals surface area contributed by atoms with E-state index in [0.29, 0.717) is 11.3 Å². The van der Waals surface area contributed by atoms with Gasteiger partial charge in [0.15, 0.2) is 6.29 Å². The third kappa shape index (κ3) is 2.62. The number of carbonyl (C=O) groups is 1. The number of aldehydes is 1. The zero-order chi connectivity index (χ0) is 13.1. The normalized spacial score (nSPS) is 10.2. The van der Waals surface area contributed by atoms with E-state index in [2.05, 4.69) is 15.9 Å². The minimum absolute atomic E-state index is 0.614. The van der Waals surface area contributed by atoms with Crippen LogP contribution in [0.2, 0.25) is 0 Å². The lowest BCUT2D eigenvalue weighted by molar-refractivity contribution is 0.112. The Morgan fingerprint density at radius 3 is 2.61 bits per heavy atom. The van der Waals surface area contributed by atoms with Gasteiger partial charge in [-0.3, -0.25) is 4.79 Å². The van der Waals surface area contributed by atoms with Crippen LogP contribution in [-0.2, 0) is 0 Å². The van der Waals surface area contributed by atoms with Crippen molar-refractivity contribution in [2.45, 2.75) is 13.8 Å². The lowest BCUT2D eigenvalue weighted by Crippen LogP contribution is -1.91. The first kappa shape index (κ1) is 12.8. The molecule has 92 valence electrons. The van der Waals surface area contributed by atoms with Crippen molar-refractivity contribution in [3.8, 4) is 11.5 Å². The van der Waals surface area contributed by atoms with Gasteiger partial charge in [-0.2, -0.15) is 0 Å². The molecule has 0 bridgehead atoms. The lowest BCUT2D eigenvalue weighted by atomic mass is 10.1. The molecule has 0 aliphatic rings. The van der Waals surface area contributed by atoms with E-state index in [1.807, 2.05) is 32.0 Å². The fourth-order valence-corrected chi connectivity index (χ4v) is 2.08. The van der Waals surface area contributed by atoms with Crippen molar-refractivity contribution >= 4 is 22.2 Å². The molecule has 0 spiro atoms. The summed E-state index contributed by atoms with van der Waals surface area (Å²) < 4.78 is 6.56. The molecule has 0 aliphatic carbocycles. The number of rotatable bonds is 3. The van der Waals surface area contributed by atoms with Gasteiger partial charge in [0.25, 0.3) is 0 Å². The number of aryl methyl sites for hydroxylation is 1. The molecular weight excluding hydrogens is 292 g/mol. The zero-order valence-corrected chi connectivity index (χ0v) is 11.8. The second kappa shape index (κ2) is 5.36. The van der Waals surface area contributed by atoms with Crippen LogP contribution >= 0.6 is 15.9 Å². The molecular formula is C15H13BrO2. The Morgan fingerprint density at radius 1 is 1.17 bits per heavy atom. The van der Waals surface area contributed by atoms with Crippen LogP contribution in [0.3, 0.4) is 0 Å². The van der Waals surface area contributed by atoms with Crippen molar-refractivity contribution in [2.75, 3.05) is 0 Å². The minimum Gasteiger partial charge on any atom is -0.457 e. The van der Waals surface area contributed by atoms with Crippen LogP contribution < -0.4 is 4.74 Å². The van der Waals surface area contributed by atoms with E-state index in [-0.39, 0.29) is 0 Å². The SMILES string of the molecule is Cc1cccc(Oc2ccc(C=O)c(Br)c2)c1C. The van der Waals surface area contributed by atoms with Crippen molar-refractivity contribution in [2.24, 2.45) is 0 Å². The van der Waals surface area contributed by atoms with Gasteiger partial charge < -0.3 is 4.74 Å². The number of benzene rings is 2. The Bertz CT molecular complexity index is 591. The molecule has 0 atom stereocenters. The first-order valence-corrected chi connectivity index (χ1v) is 6.40. The summed E-state index contributed by atoms with van der Waals surface area (Å²) in [6.07, 6.45) is 0.811. The summed E-state index contributed by atoms with van der Waals surface area (Å²) in [6.45, 7) is 4.08. The van der Waals surface area contributed by atoms with E-state index < -0.39 is 0 Å². The molecule has 18 heavy (non-hydrogen) atoms.